The fraction of sp³-hybridized carbons (Fsp3) is 0.857. The van der Waals surface area contributed by atoms with Crippen LogP contribution in [0.15, 0.2) is 0 Å². The summed E-state index contributed by atoms with van der Waals surface area (Å²) in [6.07, 6.45) is -16.1. The molecule has 3 amide bonds. The van der Waals surface area contributed by atoms with Gasteiger partial charge in [0.1, 0.15) is 42.7 Å². The van der Waals surface area contributed by atoms with E-state index in [4.69, 9.17) is 25.9 Å². The van der Waals surface area contributed by atoms with E-state index in [9.17, 15) is 40.2 Å². The lowest BCUT2D eigenvalue weighted by molar-refractivity contribution is -0.371. The van der Waals surface area contributed by atoms with Gasteiger partial charge in [0, 0.05) is 12.3 Å². The van der Waals surface area contributed by atoms with Gasteiger partial charge in [-0.3, -0.25) is 15.6 Å². The summed E-state index contributed by atoms with van der Waals surface area (Å²) in [4.78, 5) is 22.5. The lowest BCUT2D eigenvalue weighted by atomic mass is 9.98. The van der Waals surface area contributed by atoms with E-state index >= 15 is 0 Å². The first-order chi connectivity index (χ1) is 14.6. The maximum Gasteiger partial charge on any atom is 0.328 e. The van der Waals surface area contributed by atoms with E-state index < -0.39 is 72.7 Å². The predicted molar refractivity (Wildman–Crippen MR) is 100 cm³/mol. The Balaban J connectivity index is 2.06. The molecule has 2 fully saturated rings. The molecule has 2 rings (SSSR count). The van der Waals surface area contributed by atoms with Crippen LogP contribution in [0.2, 0.25) is 0 Å². The molecule has 2 aliphatic rings. The van der Waals surface area contributed by atoms with Crippen molar-refractivity contribution in [2.24, 2.45) is 11.7 Å². The van der Waals surface area contributed by atoms with Crippen molar-refractivity contribution in [1.29, 1.82) is 0 Å². The number of urea groups is 1. The second-order valence-electron chi connectivity index (χ2n) is 6.76. The zero-order valence-corrected chi connectivity index (χ0v) is 16.8. The normalized spacial score (nSPS) is 40.8. The fourth-order valence-electron chi connectivity index (χ4n) is 2.94. The number of thioether (sulfide) groups is 1. The zero-order chi connectivity index (χ0) is 23.3. The molecule has 0 aromatic rings. The van der Waals surface area contributed by atoms with Crippen molar-refractivity contribution in [2.45, 2.75) is 61.4 Å². The molecule has 2 aliphatic heterocycles. The smallest absolute Gasteiger partial charge is 0.328 e. The summed E-state index contributed by atoms with van der Waals surface area (Å²) in [5.41, 5.74) is 3.64. The Morgan fingerprint density at radius 2 is 1.32 bits per heavy atom. The highest BCUT2D eigenvalue weighted by atomic mass is 32.2. The Morgan fingerprint density at radius 1 is 0.806 bits per heavy atom. The maximum atomic E-state index is 11.3. The minimum atomic E-state index is -1.80. The van der Waals surface area contributed by atoms with Gasteiger partial charge in [0.15, 0.2) is 12.6 Å². The summed E-state index contributed by atoms with van der Waals surface area (Å²) in [6.45, 7) is -0.337. The third-order valence-electron chi connectivity index (χ3n) is 4.70. The van der Waals surface area contributed by atoms with E-state index in [0.717, 1.165) is 0 Å². The number of amides is 3. The number of carbonyl (C=O) groups excluding carboxylic acids is 2. The Morgan fingerprint density at radius 3 is 1.84 bits per heavy atom. The molecule has 0 radical (unpaired) electrons. The number of aliphatic hydroxyl groups is 6. The number of nitrogens with one attached hydrogen (secondary N) is 3. The highest BCUT2D eigenvalue weighted by Crippen LogP contribution is 2.29. The standard InChI is InChI=1S/C14H27N5O11S/c15-18-13(26)17-1-3-5(20)7(22)9(24)11(28-3)30-12-10(25)8(23)6(21)4(29-12)2-31-14(27)19-16/h3-12,20-25H,1-2,15-16H2,(H,19,27)(H2,17,18,26)/t3?,4?,5-,6-,7?,8?,9?,10?,11-,12-/m1/s1. The number of carbonyl (C=O) groups is 2. The molecule has 0 saturated carbocycles. The number of hydrazine groups is 2. The van der Waals surface area contributed by atoms with Gasteiger partial charge < -0.3 is 50.2 Å². The van der Waals surface area contributed by atoms with Gasteiger partial charge in [-0.05, 0) is 0 Å². The van der Waals surface area contributed by atoms with Crippen LogP contribution in [-0.4, -0.2) is 116 Å². The molecule has 180 valence electrons. The van der Waals surface area contributed by atoms with Gasteiger partial charge in [0.05, 0.1) is 6.10 Å². The van der Waals surface area contributed by atoms with Crippen molar-refractivity contribution in [1.82, 2.24) is 16.2 Å². The second-order valence-corrected chi connectivity index (χ2v) is 7.76. The van der Waals surface area contributed by atoms with Crippen molar-refractivity contribution >= 4 is 23.0 Å². The van der Waals surface area contributed by atoms with E-state index in [1.807, 2.05) is 5.43 Å². The van der Waals surface area contributed by atoms with Crippen LogP contribution in [0.1, 0.15) is 0 Å². The molecule has 2 heterocycles. The number of nitrogens with two attached hydrogens (primary N) is 2. The topological polar surface area (TPSA) is 271 Å². The Kier molecular flexibility index (Phi) is 9.61. The van der Waals surface area contributed by atoms with Gasteiger partial charge in [-0.1, -0.05) is 11.8 Å². The molecule has 0 aromatic heterocycles. The number of aliphatic hydroxyl groups excluding tert-OH is 6. The summed E-state index contributed by atoms with van der Waals surface area (Å²) >= 11 is 0.633. The van der Waals surface area contributed by atoms with Crippen LogP contribution < -0.4 is 27.9 Å². The van der Waals surface area contributed by atoms with Crippen LogP contribution in [0.3, 0.4) is 0 Å². The molecule has 17 heteroatoms. The van der Waals surface area contributed by atoms with E-state index in [0.29, 0.717) is 11.8 Å². The quantitative estimate of drug-likeness (QED) is 0.0974. The van der Waals surface area contributed by atoms with Crippen molar-refractivity contribution in [3.05, 3.63) is 0 Å². The Labute approximate surface area is 179 Å². The largest absolute Gasteiger partial charge is 0.388 e. The van der Waals surface area contributed by atoms with Crippen molar-refractivity contribution in [3.8, 4) is 0 Å². The van der Waals surface area contributed by atoms with Crippen LogP contribution in [0, 0.1) is 0 Å². The van der Waals surface area contributed by atoms with E-state index in [-0.39, 0.29) is 12.3 Å². The lowest BCUT2D eigenvalue weighted by Gasteiger charge is -2.45. The van der Waals surface area contributed by atoms with Gasteiger partial charge >= 0.3 is 6.03 Å². The molecule has 0 aliphatic carbocycles. The molecule has 0 aromatic carbocycles. The van der Waals surface area contributed by atoms with Crippen molar-refractivity contribution in [3.63, 3.8) is 0 Å². The average molecular weight is 473 g/mol. The van der Waals surface area contributed by atoms with E-state index in [1.165, 1.54) is 0 Å². The third kappa shape index (κ3) is 6.34. The fourth-order valence-corrected chi connectivity index (χ4v) is 3.62. The molecule has 16 nitrogen and oxygen atoms in total. The minimum Gasteiger partial charge on any atom is -0.388 e. The van der Waals surface area contributed by atoms with Crippen LogP contribution in [0.4, 0.5) is 9.59 Å². The van der Waals surface area contributed by atoms with Crippen LogP contribution in [-0.2, 0) is 14.2 Å². The van der Waals surface area contributed by atoms with E-state index in [1.54, 1.807) is 5.43 Å². The SMILES string of the molecule is NNC(=O)NCC1O[C@H](O[C@H]2OC(CSC(=O)NN)[C@@H](O)C(O)C2O)C(O)C(O)[C@@H]1O. The molecule has 10 atom stereocenters. The molecular formula is C14H27N5O11S. The molecule has 13 N–H and O–H groups in total. The summed E-state index contributed by atoms with van der Waals surface area (Å²) < 4.78 is 16.1. The molecule has 0 bridgehead atoms. The molecule has 0 spiro atoms. The first-order valence-corrected chi connectivity index (χ1v) is 10.0. The monoisotopic (exact) mass is 473 g/mol. The third-order valence-corrected chi connectivity index (χ3v) is 5.57. The first kappa shape index (κ1) is 25.9. The molecule has 2 saturated heterocycles. The molecule has 31 heavy (non-hydrogen) atoms. The minimum absolute atomic E-state index is 0.177. The first-order valence-electron chi connectivity index (χ1n) is 9.03. The number of hydrogen-bond acceptors (Lipinski definition) is 14. The summed E-state index contributed by atoms with van der Waals surface area (Å²) in [5.74, 6) is 9.71. The van der Waals surface area contributed by atoms with Gasteiger partial charge in [0.25, 0.3) is 5.24 Å². The van der Waals surface area contributed by atoms with Crippen LogP contribution >= 0.6 is 11.8 Å². The Bertz CT molecular complexity index is 571. The summed E-state index contributed by atoms with van der Waals surface area (Å²) in [5, 5.41) is 62.1. The lowest BCUT2D eigenvalue weighted by Crippen LogP contribution is -2.64. The van der Waals surface area contributed by atoms with Crippen molar-refractivity contribution in [2.75, 3.05) is 12.3 Å². The van der Waals surface area contributed by atoms with Gasteiger partial charge in [0.2, 0.25) is 0 Å². The molecule has 6 unspecified atom stereocenters. The summed E-state index contributed by atoms with van der Waals surface area (Å²) in [6, 6.07) is -0.807. The maximum absolute atomic E-state index is 11.3. The summed E-state index contributed by atoms with van der Waals surface area (Å²) in [7, 11) is 0. The van der Waals surface area contributed by atoms with Crippen molar-refractivity contribution < 1.29 is 54.4 Å². The average Bonchev–Trinajstić information content (AvgIpc) is 2.77. The molecular weight excluding hydrogens is 446 g/mol. The van der Waals surface area contributed by atoms with Gasteiger partial charge in [-0.25, -0.2) is 16.5 Å². The Hall–Kier alpha value is -1.35. The van der Waals surface area contributed by atoms with Gasteiger partial charge in [-0.2, -0.15) is 0 Å². The predicted octanol–water partition coefficient (Wildman–Crippen LogP) is -5.89. The second kappa shape index (κ2) is 11.5. The highest BCUT2D eigenvalue weighted by molar-refractivity contribution is 8.13. The highest BCUT2D eigenvalue weighted by Gasteiger charge is 2.49. The number of ether oxygens (including phenoxy) is 3. The number of rotatable bonds is 6. The van der Waals surface area contributed by atoms with Crippen LogP contribution in [0.5, 0.6) is 0 Å². The van der Waals surface area contributed by atoms with E-state index in [2.05, 4.69) is 5.32 Å². The van der Waals surface area contributed by atoms with Gasteiger partial charge in [-0.15, -0.1) is 0 Å². The zero-order valence-electron chi connectivity index (χ0n) is 16.0. The number of hydrogen-bond donors (Lipinski definition) is 11. The van der Waals surface area contributed by atoms with Crippen LogP contribution in [0.25, 0.3) is 0 Å².